The van der Waals surface area contributed by atoms with E-state index in [1.807, 2.05) is 6.92 Å². The standard InChI is InChI=1S/C9H15N3O2S2/c1-6(3-4-16(2)14)11-8(13)7-5-15-9(10)12-7/h5-6H,3-4H2,1-2H3,(H2,10,12)(H,11,13). The van der Waals surface area contributed by atoms with Gasteiger partial charge < -0.3 is 11.1 Å². The number of hydrogen-bond donors (Lipinski definition) is 2. The molecule has 0 saturated heterocycles. The lowest BCUT2D eigenvalue weighted by molar-refractivity contribution is 0.0935. The van der Waals surface area contributed by atoms with Crippen molar-refractivity contribution in [2.75, 3.05) is 17.7 Å². The fourth-order valence-corrected chi connectivity index (χ4v) is 2.33. The normalized spacial score (nSPS) is 14.4. The number of amides is 1. The first-order valence-corrected chi connectivity index (χ1v) is 7.41. The van der Waals surface area contributed by atoms with Crippen molar-refractivity contribution in [1.82, 2.24) is 10.3 Å². The van der Waals surface area contributed by atoms with Crippen molar-refractivity contribution in [3.05, 3.63) is 11.1 Å². The van der Waals surface area contributed by atoms with Crippen molar-refractivity contribution in [3.8, 4) is 0 Å². The van der Waals surface area contributed by atoms with E-state index >= 15 is 0 Å². The Morgan fingerprint density at radius 2 is 2.44 bits per heavy atom. The van der Waals surface area contributed by atoms with Crippen molar-refractivity contribution in [2.45, 2.75) is 19.4 Å². The first-order chi connectivity index (χ1) is 7.49. The second-order valence-electron chi connectivity index (χ2n) is 3.51. The predicted molar refractivity (Wildman–Crippen MR) is 67.0 cm³/mol. The van der Waals surface area contributed by atoms with Crippen molar-refractivity contribution < 1.29 is 9.00 Å². The summed E-state index contributed by atoms with van der Waals surface area (Å²) in [6, 6.07) is -0.0145. The molecule has 2 atom stereocenters. The third kappa shape index (κ3) is 4.28. The summed E-state index contributed by atoms with van der Waals surface area (Å²) in [5.41, 5.74) is 5.77. The van der Waals surface area contributed by atoms with Crippen LogP contribution in [0.25, 0.3) is 0 Å². The molecule has 2 unspecified atom stereocenters. The highest BCUT2D eigenvalue weighted by molar-refractivity contribution is 7.84. The molecule has 1 aromatic rings. The Morgan fingerprint density at radius 1 is 1.75 bits per heavy atom. The van der Waals surface area contributed by atoms with Crippen LogP contribution in [0.5, 0.6) is 0 Å². The second kappa shape index (κ2) is 5.95. The number of carbonyl (C=O) groups excluding carboxylic acids is 1. The predicted octanol–water partition coefficient (Wildman–Crippen LogP) is 0.612. The lowest BCUT2D eigenvalue weighted by Crippen LogP contribution is -2.33. The first kappa shape index (κ1) is 13.1. The lowest BCUT2D eigenvalue weighted by atomic mass is 10.2. The molecule has 0 radical (unpaired) electrons. The molecule has 1 amide bonds. The Balaban J connectivity index is 2.42. The summed E-state index contributed by atoms with van der Waals surface area (Å²) in [6.45, 7) is 1.88. The van der Waals surface area contributed by atoms with Gasteiger partial charge in [0.25, 0.3) is 5.91 Å². The monoisotopic (exact) mass is 261 g/mol. The topological polar surface area (TPSA) is 85.1 Å². The van der Waals surface area contributed by atoms with Crippen molar-refractivity contribution >= 4 is 33.2 Å². The highest BCUT2D eigenvalue weighted by Crippen LogP contribution is 2.10. The molecular weight excluding hydrogens is 246 g/mol. The lowest BCUT2D eigenvalue weighted by Gasteiger charge is -2.11. The van der Waals surface area contributed by atoms with Gasteiger partial charge in [0.15, 0.2) is 5.13 Å². The van der Waals surface area contributed by atoms with E-state index in [0.717, 1.165) is 0 Å². The van der Waals surface area contributed by atoms with E-state index in [-0.39, 0.29) is 11.9 Å². The highest BCUT2D eigenvalue weighted by atomic mass is 32.2. The SMILES string of the molecule is CC(CCS(C)=O)NC(=O)c1csc(N)n1. The van der Waals surface area contributed by atoms with Crippen LogP contribution >= 0.6 is 11.3 Å². The fraction of sp³-hybridized carbons (Fsp3) is 0.556. The zero-order valence-corrected chi connectivity index (χ0v) is 10.9. The molecule has 7 heteroatoms. The largest absolute Gasteiger partial charge is 0.375 e. The van der Waals surface area contributed by atoms with Gasteiger partial charge in [-0.2, -0.15) is 0 Å². The molecule has 0 aromatic carbocycles. The number of nitrogens with zero attached hydrogens (tertiary/aromatic N) is 1. The van der Waals surface area contributed by atoms with Crippen LogP contribution in [-0.4, -0.2) is 33.2 Å². The molecule has 0 fully saturated rings. The summed E-state index contributed by atoms with van der Waals surface area (Å²) in [7, 11) is -0.826. The summed E-state index contributed by atoms with van der Waals surface area (Å²) < 4.78 is 10.9. The van der Waals surface area contributed by atoms with Gasteiger partial charge >= 0.3 is 0 Å². The van der Waals surface area contributed by atoms with Gasteiger partial charge in [0, 0.05) is 34.2 Å². The number of hydrogen-bond acceptors (Lipinski definition) is 5. The molecule has 90 valence electrons. The Bertz CT molecular complexity index is 392. The molecule has 0 aliphatic carbocycles. The number of aromatic nitrogens is 1. The Hall–Kier alpha value is -0.950. The maximum absolute atomic E-state index is 11.6. The molecule has 0 saturated carbocycles. The Kier molecular flexibility index (Phi) is 4.88. The van der Waals surface area contributed by atoms with E-state index in [4.69, 9.17) is 5.73 Å². The van der Waals surface area contributed by atoms with Crippen LogP contribution in [-0.2, 0) is 10.8 Å². The van der Waals surface area contributed by atoms with Gasteiger partial charge in [0.1, 0.15) is 5.69 Å². The maximum Gasteiger partial charge on any atom is 0.271 e. The van der Waals surface area contributed by atoms with E-state index in [2.05, 4.69) is 10.3 Å². The van der Waals surface area contributed by atoms with Gasteiger partial charge in [0.2, 0.25) is 0 Å². The van der Waals surface area contributed by atoms with Gasteiger partial charge in [-0.3, -0.25) is 9.00 Å². The number of anilines is 1. The van der Waals surface area contributed by atoms with Crippen LogP contribution < -0.4 is 11.1 Å². The van der Waals surface area contributed by atoms with Crippen LogP contribution in [0.4, 0.5) is 5.13 Å². The summed E-state index contributed by atoms with van der Waals surface area (Å²) in [5.74, 6) is 0.350. The number of nitrogens with two attached hydrogens (primary N) is 1. The van der Waals surface area contributed by atoms with E-state index in [0.29, 0.717) is 23.0 Å². The molecule has 16 heavy (non-hydrogen) atoms. The Morgan fingerprint density at radius 3 is 2.94 bits per heavy atom. The van der Waals surface area contributed by atoms with Crippen molar-refractivity contribution in [2.24, 2.45) is 0 Å². The van der Waals surface area contributed by atoms with E-state index in [9.17, 15) is 9.00 Å². The minimum Gasteiger partial charge on any atom is -0.375 e. The number of nitrogens with one attached hydrogen (secondary N) is 1. The van der Waals surface area contributed by atoms with E-state index in [1.165, 1.54) is 11.3 Å². The summed E-state index contributed by atoms with van der Waals surface area (Å²) in [5, 5.41) is 4.78. The molecule has 3 N–H and O–H groups in total. The smallest absolute Gasteiger partial charge is 0.271 e. The molecule has 1 heterocycles. The quantitative estimate of drug-likeness (QED) is 0.813. The summed E-state index contributed by atoms with van der Waals surface area (Å²) >= 11 is 1.24. The molecule has 0 bridgehead atoms. The highest BCUT2D eigenvalue weighted by Gasteiger charge is 2.12. The third-order valence-electron chi connectivity index (χ3n) is 1.97. The van der Waals surface area contributed by atoms with Crippen molar-refractivity contribution in [3.63, 3.8) is 0 Å². The van der Waals surface area contributed by atoms with Crippen LogP contribution in [0.15, 0.2) is 5.38 Å². The molecule has 5 nitrogen and oxygen atoms in total. The molecule has 0 spiro atoms. The van der Waals surface area contributed by atoms with E-state index in [1.54, 1.807) is 11.6 Å². The number of thiazole rings is 1. The third-order valence-corrected chi connectivity index (χ3v) is 3.45. The summed E-state index contributed by atoms with van der Waals surface area (Å²) in [4.78, 5) is 15.5. The molecular formula is C9H15N3O2S2. The molecule has 0 aliphatic rings. The first-order valence-electron chi connectivity index (χ1n) is 4.81. The van der Waals surface area contributed by atoms with Crippen molar-refractivity contribution in [1.29, 1.82) is 0 Å². The van der Waals surface area contributed by atoms with Gasteiger partial charge in [0.05, 0.1) is 0 Å². The van der Waals surface area contributed by atoms with Gasteiger partial charge in [-0.25, -0.2) is 4.98 Å². The van der Waals surface area contributed by atoms with Crippen LogP contribution in [0.1, 0.15) is 23.8 Å². The summed E-state index contributed by atoms with van der Waals surface area (Å²) in [6.07, 6.45) is 2.34. The minimum absolute atomic E-state index is 0.0145. The van der Waals surface area contributed by atoms with Crippen LogP contribution in [0.2, 0.25) is 0 Å². The fourth-order valence-electron chi connectivity index (χ4n) is 1.10. The molecule has 1 rings (SSSR count). The van der Waals surface area contributed by atoms with Gasteiger partial charge in [-0.05, 0) is 13.3 Å². The number of nitrogen functional groups attached to an aromatic ring is 1. The van der Waals surface area contributed by atoms with E-state index < -0.39 is 10.8 Å². The maximum atomic E-state index is 11.6. The molecule has 1 aromatic heterocycles. The average molecular weight is 261 g/mol. The second-order valence-corrected chi connectivity index (χ2v) is 5.96. The van der Waals surface area contributed by atoms with Crippen LogP contribution in [0, 0.1) is 0 Å². The number of rotatable bonds is 5. The van der Waals surface area contributed by atoms with Gasteiger partial charge in [-0.1, -0.05) is 0 Å². The zero-order valence-electron chi connectivity index (χ0n) is 9.23. The average Bonchev–Trinajstić information content (AvgIpc) is 2.62. The number of carbonyl (C=O) groups is 1. The minimum atomic E-state index is -0.826. The van der Waals surface area contributed by atoms with Gasteiger partial charge in [-0.15, -0.1) is 11.3 Å². The molecule has 0 aliphatic heterocycles. The van der Waals surface area contributed by atoms with Crippen LogP contribution in [0.3, 0.4) is 0 Å². The zero-order chi connectivity index (χ0) is 12.1. The Labute approximate surface area is 101 Å².